The smallest absolute Gasteiger partial charge is 0.339 e. The minimum Gasteiger partial charge on any atom is -0.463 e. The molecule has 3 rings (SSSR count). The number of carbonyl (C=O) groups is 2. The predicted octanol–water partition coefficient (Wildman–Crippen LogP) is 3.73. The van der Waals surface area contributed by atoms with Gasteiger partial charge in [-0.1, -0.05) is 6.92 Å². The Morgan fingerprint density at radius 3 is 2.72 bits per heavy atom. The van der Waals surface area contributed by atoms with Gasteiger partial charge in [-0.05, 0) is 52.3 Å². The first kappa shape index (κ1) is 20.6. The summed E-state index contributed by atoms with van der Waals surface area (Å²) in [6, 6.07) is 5.17. The minimum absolute atomic E-state index is 0.0535. The summed E-state index contributed by atoms with van der Waals surface area (Å²) >= 11 is 0. The number of esters is 1. The van der Waals surface area contributed by atoms with Crippen molar-refractivity contribution in [2.75, 3.05) is 6.61 Å². The second-order valence-corrected chi connectivity index (χ2v) is 7.81. The van der Waals surface area contributed by atoms with E-state index in [1.807, 2.05) is 34.6 Å². The summed E-state index contributed by atoms with van der Waals surface area (Å²) in [7, 11) is 0. The molecule has 1 amide bonds. The van der Waals surface area contributed by atoms with Crippen molar-refractivity contribution < 1.29 is 18.7 Å². The van der Waals surface area contributed by atoms with E-state index in [0.29, 0.717) is 22.5 Å². The molecule has 0 fully saturated rings. The first-order chi connectivity index (χ1) is 13.7. The molecule has 0 spiro atoms. The van der Waals surface area contributed by atoms with Crippen molar-refractivity contribution >= 4 is 22.9 Å². The third-order valence-corrected chi connectivity index (χ3v) is 4.75. The van der Waals surface area contributed by atoms with E-state index in [2.05, 4.69) is 15.4 Å². The van der Waals surface area contributed by atoms with Gasteiger partial charge in [-0.15, -0.1) is 0 Å². The van der Waals surface area contributed by atoms with Gasteiger partial charge in [-0.3, -0.25) is 4.79 Å². The second kappa shape index (κ2) is 8.06. The molecule has 0 saturated carbocycles. The molecule has 1 N–H and O–H groups in total. The number of carbonyl (C=O) groups excluding carboxylic acids is 2. The van der Waals surface area contributed by atoms with Gasteiger partial charge in [0.2, 0.25) is 0 Å². The quantitative estimate of drug-likeness (QED) is 0.609. The maximum atomic E-state index is 12.8. The molecule has 0 aromatic carbocycles. The zero-order chi connectivity index (χ0) is 21.2. The summed E-state index contributed by atoms with van der Waals surface area (Å²) in [4.78, 5) is 29.5. The van der Waals surface area contributed by atoms with E-state index in [1.165, 1.54) is 0 Å². The van der Waals surface area contributed by atoms with E-state index in [-0.39, 0.29) is 29.7 Å². The van der Waals surface area contributed by atoms with Gasteiger partial charge in [0.1, 0.15) is 5.69 Å². The highest BCUT2D eigenvalue weighted by Crippen LogP contribution is 2.27. The lowest BCUT2D eigenvalue weighted by Gasteiger charge is -2.24. The van der Waals surface area contributed by atoms with E-state index < -0.39 is 5.97 Å². The van der Waals surface area contributed by atoms with Gasteiger partial charge in [0.25, 0.3) is 5.91 Å². The highest BCUT2D eigenvalue weighted by Gasteiger charge is 2.22. The van der Waals surface area contributed by atoms with Crippen LogP contribution in [0.4, 0.5) is 0 Å². The Kier molecular flexibility index (Phi) is 5.72. The number of furan rings is 1. The van der Waals surface area contributed by atoms with Gasteiger partial charge in [0, 0.05) is 11.6 Å². The molecule has 3 heterocycles. The molecule has 0 aliphatic carbocycles. The first-order valence-electron chi connectivity index (χ1n) is 9.62. The highest BCUT2D eigenvalue weighted by atomic mass is 16.5. The molecule has 0 radical (unpaired) electrons. The van der Waals surface area contributed by atoms with Crippen LogP contribution in [-0.4, -0.2) is 38.8 Å². The van der Waals surface area contributed by atoms with Gasteiger partial charge in [0.15, 0.2) is 18.0 Å². The molecule has 29 heavy (non-hydrogen) atoms. The highest BCUT2D eigenvalue weighted by molar-refractivity contribution is 6.04. The van der Waals surface area contributed by atoms with Gasteiger partial charge in [0.05, 0.1) is 23.4 Å². The molecule has 0 unspecified atom stereocenters. The van der Waals surface area contributed by atoms with E-state index in [0.717, 1.165) is 6.42 Å². The second-order valence-electron chi connectivity index (χ2n) is 7.81. The number of pyridine rings is 1. The number of hydrogen-bond acceptors (Lipinski definition) is 6. The van der Waals surface area contributed by atoms with Crippen LogP contribution in [0.1, 0.15) is 57.4 Å². The van der Waals surface area contributed by atoms with E-state index in [9.17, 15) is 9.59 Å². The van der Waals surface area contributed by atoms with Crippen LogP contribution in [0.25, 0.3) is 22.5 Å². The first-order valence-corrected chi connectivity index (χ1v) is 9.62. The third kappa shape index (κ3) is 4.47. The average molecular weight is 398 g/mol. The summed E-state index contributed by atoms with van der Waals surface area (Å²) in [5.41, 5.74) is 0.972. The fourth-order valence-electron chi connectivity index (χ4n) is 2.83. The maximum absolute atomic E-state index is 12.8. The van der Waals surface area contributed by atoms with E-state index in [1.54, 1.807) is 35.3 Å². The molecule has 0 saturated heterocycles. The summed E-state index contributed by atoms with van der Waals surface area (Å²) in [6.45, 7) is 9.39. The topological polar surface area (TPSA) is 99.2 Å². The summed E-state index contributed by atoms with van der Waals surface area (Å²) in [5, 5.41) is 7.76. The van der Waals surface area contributed by atoms with Crippen LogP contribution < -0.4 is 5.32 Å². The summed E-state index contributed by atoms with van der Waals surface area (Å²) < 4.78 is 12.5. The van der Waals surface area contributed by atoms with Crippen LogP contribution in [0.3, 0.4) is 0 Å². The van der Waals surface area contributed by atoms with Crippen LogP contribution >= 0.6 is 0 Å². The van der Waals surface area contributed by atoms with Crippen molar-refractivity contribution in [3.8, 4) is 11.5 Å². The van der Waals surface area contributed by atoms with Crippen LogP contribution in [-0.2, 0) is 9.53 Å². The molecular weight excluding hydrogens is 372 g/mol. The minimum atomic E-state index is -0.613. The van der Waals surface area contributed by atoms with Crippen LogP contribution in [0, 0.1) is 0 Å². The molecule has 8 heteroatoms. The molecule has 0 bridgehead atoms. The van der Waals surface area contributed by atoms with Crippen molar-refractivity contribution in [1.82, 2.24) is 20.1 Å². The number of fused-ring (bicyclic) bond motifs is 1. The normalized spacial score (nSPS) is 11.8. The molecule has 3 aromatic rings. The van der Waals surface area contributed by atoms with Crippen LogP contribution in [0.2, 0.25) is 0 Å². The van der Waals surface area contributed by atoms with Gasteiger partial charge in [-0.2, -0.15) is 5.10 Å². The molecule has 0 aliphatic rings. The standard InChI is InChI=1S/C21H26N4O4/c1-6-21(4,5)24-18(26)12-29-20(27)14-10-16(17-8-7-9-28-17)23-19-15(14)11-22-25(19)13(2)3/h7-11,13H,6,12H2,1-5H3,(H,24,26). The molecule has 0 aliphatic heterocycles. The molecular formula is C21H26N4O4. The fraction of sp³-hybridized carbons (Fsp3) is 0.429. The van der Waals surface area contributed by atoms with E-state index >= 15 is 0 Å². The number of nitrogens with zero attached hydrogens (tertiary/aromatic N) is 3. The molecule has 154 valence electrons. The predicted molar refractivity (Wildman–Crippen MR) is 108 cm³/mol. The number of rotatable bonds is 7. The Labute approximate surface area is 169 Å². The van der Waals surface area contributed by atoms with Crippen molar-refractivity contribution in [2.24, 2.45) is 0 Å². The lowest BCUT2D eigenvalue weighted by Crippen LogP contribution is -2.44. The number of ether oxygens (including phenoxy) is 1. The monoisotopic (exact) mass is 398 g/mol. The van der Waals surface area contributed by atoms with Crippen LogP contribution in [0.5, 0.6) is 0 Å². The Balaban J connectivity index is 1.91. The zero-order valence-electron chi connectivity index (χ0n) is 17.4. The number of aromatic nitrogens is 3. The van der Waals surface area contributed by atoms with E-state index in [4.69, 9.17) is 9.15 Å². The molecule has 8 nitrogen and oxygen atoms in total. The molecule has 0 atom stereocenters. The van der Waals surface area contributed by atoms with Crippen molar-refractivity contribution in [3.63, 3.8) is 0 Å². The fourth-order valence-corrected chi connectivity index (χ4v) is 2.83. The summed E-state index contributed by atoms with van der Waals surface area (Å²) in [6.07, 6.45) is 3.89. The lowest BCUT2D eigenvalue weighted by atomic mass is 10.0. The maximum Gasteiger partial charge on any atom is 0.339 e. The summed E-state index contributed by atoms with van der Waals surface area (Å²) in [5.74, 6) is -0.433. The van der Waals surface area contributed by atoms with Crippen molar-refractivity contribution in [3.05, 3.63) is 36.2 Å². The van der Waals surface area contributed by atoms with Crippen molar-refractivity contribution in [2.45, 2.75) is 52.6 Å². The van der Waals surface area contributed by atoms with Gasteiger partial charge < -0.3 is 14.5 Å². The Hall–Kier alpha value is -3.16. The van der Waals surface area contributed by atoms with Crippen molar-refractivity contribution in [1.29, 1.82) is 0 Å². The average Bonchev–Trinajstić information content (AvgIpc) is 3.34. The number of hydrogen-bond donors (Lipinski definition) is 1. The zero-order valence-corrected chi connectivity index (χ0v) is 17.4. The Morgan fingerprint density at radius 1 is 1.34 bits per heavy atom. The lowest BCUT2D eigenvalue weighted by molar-refractivity contribution is -0.125. The largest absolute Gasteiger partial charge is 0.463 e. The molecule has 3 aromatic heterocycles. The SMILES string of the molecule is CCC(C)(C)NC(=O)COC(=O)c1cc(-c2ccco2)nc2c1cnn2C(C)C. The van der Waals surface area contributed by atoms with Crippen LogP contribution in [0.15, 0.2) is 35.1 Å². The van der Waals surface area contributed by atoms with Gasteiger partial charge in [-0.25, -0.2) is 14.5 Å². The third-order valence-electron chi connectivity index (χ3n) is 4.75. The van der Waals surface area contributed by atoms with Gasteiger partial charge >= 0.3 is 5.97 Å². The number of nitrogens with one attached hydrogen (secondary N) is 1. The number of amides is 1. The Bertz CT molecular complexity index is 1020. The Morgan fingerprint density at radius 2 is 2.10 bits per heavy atom.